The lowest BCUT2D eigenvalue weighted by Crippen LogP contribution is -2.21. The predicted octanol–water partition coefficient (Wildman–Crippen LogP) is 0.864. The lowest BCUT2D eigenvalue weighted by atomic mass is 10.6. The first kappa shape index (κ1) is 14.8. The first-order chi connectivity index (χ1) is 6.12. The zero-order valence-electron chi connectivity index (χ0n) is 6.96. The molecule has 14 heavy (non-hydrogen) atoms. The van der Waals surface area contributed by atoms with Crippen LogP contribution in [0.1, 0.15) is 0 Å². The first-order valence-electron chi connectivity index (χ1n) is 2.89. The Morgan fingerprint density at radius 2 is 1.57 bits per heavy atom. The molecule has 8 heteroatoms. The summed E-state index contributed by atoms with van der Waals surface area (Å²) >= 11 is 0. The molecule has 0 aliphatic heterocycles. The quantitative estimate of drug-likeness (QED) is 0.528. The molecule has 0 radical (unpaired) electrons. The highest BCUT2D eigenvalue weighted by atomic mass is 19.4. The van der Waals surface area contributed by atoms with Crippen LogP contribution in [0.25, 0.3) is 0 Å². The van der Waals surface area contributed by atoms with E-state index in [1.165, 1.54) is 7.11 Å². The summed E-state index contributed by atoms with van der Waals surface area (Å²) in [5.74, 6) is -4.12. The average Bonchev–Trinajstić information content (AvgIpc) is 2.02. The fourth-order valence-corrected chi connectivity index (χ4v) is 0.0873. The normalized spacial score (nSPS) is 9.43. The maximum Gasteiger partial charge on any atom is 0.490 e. The van der Waals surface area contributed by atoms with Crippen molar-refractivity contribution >= 4 is 11.9 Å². The minimum Gasteiger partial charge on any atom is -0.490 e. The van der Waals surface area contributed by atoms with Crippen molar-refractivity contribution in [2.45, 2.75) is 6.18 Å². The molecule has 0 heterocycles. The zero-order chi connectivity index (χ0) is 11.9. The third kappa shape index (κ3) is 8.37. The van der Waals surface area contributed by atoms with Crippen molar-refractivity contribution in [1.29, 1.82) is 0 Å². The average molecular weight is 216 g/mol. The fraction of sp³-hybridized carbons (Fsp3) is 0.333. The van der Waals surface area contributed by atoms with Gasteiger partial charge in [-0.2, -0.15) is 13.2 Å². The summed E-state index contributed by atoms with van der Waals surface area (Å²) in [6, 6.07) is 0. The maximum absolute atomic E-state index is 10.6. The number of carboxylic acids is 2. The second kappa shape index (κ2) is 5.84. The van der Waals surface area contributed by atoms with Crippen LogP contribution in [0.3, 0.4) is 0 Å². The van der Waals surface area contributed by atoms with Crippen LogP contribution < -0.4 is 0 Å². The summed E-state index contributed by atoms with van der Waals surface area (Å²) in [7, 11) is 1.26. The molecule has 0 atom stereocenters. The van der Waals surface area contributed by atoms with E-state index in [0.717, 1.165) is 0 Å². The molecule has 0 spiro atoms. The van der Waals surface area contributed by atoms with Gasteiger partial charge in [0.15, 0.2) is 5.76 Å². The predicted molar refractivity (Wildman–Crippen MR) is 37.5 cm³/mol. The van der Waals surface area contributed by atoms with E-state index in [1.807, 2.05) is 0 Å². The van der Waals surface area contributed by atoms with Crippen LogP contribution in [0.2, 0.25) is 0 Å². The summed E-state index contributed by atoms with van der Waals surface area (Å²) in [6.45, 7) is 3.05. The number of carbonyl (C=O) groups is 2. The SMILES string of the molecule is C=C(OC)C(=O)O.O=C(O)C(F)(F)F. The Balaban J connectivity index is 0. The molecule has 0 saturated carbocycles. The highest BCUT2D eigenvalue weighted by molar-refractivity contribution is 5.83. The van der Waals surface area contributed by atoms with Gasteiger partial charge in [0, 0.05) is 0 Å². The molecule has 5 nitrogen and oxygen atoms in total. The molecule has 0 amide bonds. The third-order valence-electron chi connectivity index (χ3n) is 0.727. The number of halogens is 3. The van der Waals surface area contributed by atoms with Crippen molar-refractivity contribution in [3.63, 3.8) is 0 Å². The first-order valence-corrected chi connectivity index (χ1v) is 2.89. The van der Waals surface area contributed by atoms with Gasteiger partial charge in [0.25, 0.3) is 0 Å². The van der Waals surface area contributed by atoms with Gasteiger partial charge in [0.05, 0.1) is 7.11 Å². The van der Waals surface area contributed by atoms with Crippen molar-refractivity contribution < 1.29 is 37.7 Å². The van der Waals surface area contributed by atoms with Crippen molar-refractivity contribution in [3.05, 3.63) is 12.3 Å². The van der Waals surface area contributed by atoms with Crippen LogP contribution in [0.15, 0.2) is 12.3 Å². The fourth-order valence-electron chi connectivity index (χ4n) is 0.0873. The van der Waals surface area contributed by atoms with E-state index in [2.05, 4.69) is 11.3 Å². The standard InChI is InChI=1S/C4H6O3.C2HF3O2/c1-3(7-2)4(5)6;3-2(4,5)1(6)7/h1H2,2H3,(H,5,6);(H,6,7). The molecule has 0 aliphatic carbocycles. The Kier molecular flexibility index (Phi) is 6.16. The molecule has 0 saturated heterocycles. The summed E-state index contributed by atoms with van der Waals surface area (Å²) in [5, 5.41) is 15.1. The molecule has 0 bridgehead atoms. The van der Waals surface area contributed by atoms with Crippen molar-refractivity contribution in [1.82, 2.24) is 0 Å². The van der Waals surface area contributed by atoms with Gasteiger partial charge in [-0.3, -0.25) is 0 Å². The summed E-state index contributed by atoms with van der Waals surface area (Å²) in [5.41, 5.74) is 0. The van der Waals surface area contributed by atoms with E-state index in [1.54, 1.807) is 0 Å². The second-order valence-electron chi connectivity index (χ2n) is 1.74. The molecular formula is C6H7F3O5. The van der Waals surface area contributed by atoms with E-state index in [0.29, 0.717) is 0 Å². The molecular weight excluding hydrogens is 209 g/mol. The summed E-state index contributed by atoms with van der Waals surface area (Å²) < 4.78 is 36.0. The lowest BCUT2D eigenvalue weighted by molar-refractivity contribution is -0.192. The number of ether oxygens (including phenoxy) is 1. The van der Waals surface area contributed by atoms with Crippen LogP contribution in [0, 0.1) is 0 Å². The Morgan fingerprint density at radius 1 is 1.29 bits per heavy atom. The highest BCUT2D eigenvalue weighted by Crippen LogP contribution is 2.13. The van der Waals surface area contributed by atoms with Crippen molar-refractivity contribution in [3.8, 4) is 0 Å². The Labute approximate surface area is 76.4 Å². The number of hydrogen-bond donors (Lipinski definition) is 2. The minimum atomic E-state index is -5.08. The number of carboxylic acid groups (broad SMARTS) is 2. The highest BCUT2D eigenvalue weighted by Gasteiger charge is 2.38. The molecule has 0 aromatic heterocycles. The number of hydrogen-bond acceptors (Lipinski definition) is 3. The minimum absolute atomic E-state index is 0.236. The summed E-state index contributed by atoms with van der Waals surface area (Å²) in [4.78, 5) is 18.6. The van der Waals surface area contributed by atoms with Gasteiger partial charge in [-0.1, -0.05) is 0 Å². The van der Waals surface area contributed by atoms with Gasteiger partial charge in [-0.05, 0) is 6.58 Å². The third-order valence-corrected chi connectivity index (χ3v) is 0.727. The van der Waals surface area contributed by atoms with E-state index < -0.39 is 18.1 Å². The van der Waals surface area contributed by atoms with Crippen LogP contribution in [-0.2, 0) is 14.3 Å². The molecule has 0 aromatic rings. The van der Waals surface area contributed by atoms with Crippen molar-refractivity contribution in [2.75, 3.05) is 7.11 Å². The molecule has 0 fully saturated rings. The van der Waals surface area contributed by atoms with Crippen LogP contribution in [-0.4, -0.2) is 35.4 Å². The Bertz CT molecular complexity index is 232. The largest absolute Gasteiger partial charge is 0.490 e. The smallest absolute Gasteiger partial charge is 0.490 e. The van der Waals surface area contributed by atoms with Crippen molar-refractivity contribution in [2.24, 2.45) is 0 Å². The topological polar surface area (TPSA) is 83.8 Å². The molecule has 2 N–H and O–H groups in total. The van der Waals surface area contributed by atoms with E-state index in [9.17, 15) is 18.0 Å². The van der Waals surface area contributed by atoms with Gasteiger partial charge in [0.2, 0.25) is 0 Å². The number of rotatable bonds is 2. The van der Waals surface area contributed by atoms with Gasteiger partial charge in [0.1, 0.15) is 0 Å². The number of alkyl halides is 3. The molecule has 0 unspecified atom stereocenters. The lowest BCUT2D eigenvalue weighted by Gasteiger charge is -1.93. The van der Waals surface area contributed by atoms with Gasteiger partial charge in [-0.25, -0.2) is 9.59 Å². The molecule has 82 valence electrons. The molecule has 0 aromatic carbocycles. The molecule has 0 aliphatic rings. The maximum atomic E-state index is 10.6. The number of aliphatic carboxylic acids is 2. The zero-order valence-corrected chi connectivity index (χ0v) is 6.96. The van der Waals surface area contributed by atoms with Crippen LogP contribution in [0.4, 0.5) is 13.2 Å². The van der Waals surface area contributed by atoms with Gasteiger partial charge in [-0.15, -0.1) is 0 Å². The van der Waals surface area contributed by atoms with Crippen LogP contribution in [0.5, 0.6) is 0 Å². The summed E-state index contributed by atoms with van der Waals surface area (Å²) in [6.07, 6.45) is -5.08. The van der Waals surface area contributed by atoms with E-state index in [4.69, 9.17) is 15.0 Å². The Hall–Kier alpha value is -1.73. The molecule has 0 rings (SSSR count). The second-order valence-corrected chi connectivity index (χ2v) is 1.74. The van der Waals surface area contributed by atoms with E-state index >= 15 is 0 Å². The van der Waals surface area contributed by atoms with E-state index in [-0.39, 0.29) is 5.76 Å². The van der Waals surface area contributed by atoms with Gasteiger partial charge >= 0.3 is 18.1 Å². The monoisotopic (exact) mass is 216 g/mol. The number of methoxy groups -OCH3 is 1. The Morgan fingerprint density at radius 3 is 1.57 bits per heavy atom. The van der Waals surface area contributed by atoms with Crippen LogP contribution >= 0.6 is 0 Å². The van der Waals surface area contributed by atoms with Gasteiger partial charge < -0.3 is 14.9 Å².